The molecule has 3 unspecified atom stereocenters. The maximum Gasteiger partial charge on any atom is 0.410 e. The Hall–Kier alpha value is -3.21. The zero-order chi connectivity index (χ0) is 26.8. The van der Waals surface area contributed by atoms with E-state index in [2.05, 4.69) is 10.1 Å². The lowest BCUT2D eigenvalue weighted by Gasteiger charge is -2.18. The molecule has 0 fully saturated rings. The summed E-state index contributed by atoms with van der Waals surface area (Å²) in [7, 11) is 1.26. The topological polar surface area (TPSA) is 115 Å². The molecule has 2 heterocycles. The lowest BCUT2D eigenvalue weighted by Crippen LogP contribution is -2.26. The van der Waals surface area contributed by atoms with Gasteiger partial charge in [0.1, 0.15) is 23.7 Å². The number of hydrogen-bond donors (Lipinski definition) is 2. The summed E-state index contributed by atoms with van der Waals surface area (Å²) >= 11 is 1.22. The third-order valence-electron chi connectivity index (χ3n) is 5.73. The van der Waals surface area contributed by atoms with E-state index in [0.717, 1.165) is 4.88 Å². The van der Waals surface area contributed by atoms with Gasteiger partial charge in [-0.05, 0) is 37.3 Å². The maximum absolute atomic E-state index is 13.0. The molecule has 2 aromatic rings. The second-order valence-corrected chi connectivity index (χ2v) is 9.60. The van der Waals surface area contributed by atoms with E-state index in [1.165, 1.54) is 30.7 Å². The molecule has 0 aliphatic rings. The quantitative estimate of drug-likeness (QED) is 0.331. The number of Topliss-reactive ketones (excluding diaryl/α,β-unsaturated/α-hetero) is 1. The number of aromatic hydroxyl groups is 1. The normalized spacial score (nSPS) is 14.0. The van der Waals surface area contributed by atoms with E-state index >= 15 is 0 Å². The number of halogens is 2. The second-order valence-electron chi connectivity index (χ2n) is 8.47. The van der Waals surface area contributed by atoms with Crippen LogP contribution < -0.4 is 15.7 Å². The molecule has 1 amide bonds. The summed E-state index contributed by atoms with van der Waals surface area (Å²) in [4.78, 5) is 37.5. The van der Waals surface area contributed by atoms with Crippen LogP contribution in [-0.2, 0) is 11.2 Å². The number of carbonyl (C=O) groups excluding carboxylic acids is 2. The molecule has 8 nitrogen and oxygen atoms in total. The summed E-state index contributed by atoms with van der Waals surface area (Å²) in [6.45, 7) is 4.63. The minimum Gasteiger partial charge on any atom is -0.507 e. The number of nitrogens with one attached hydrogen (secondary N) is 1. The predicted octanol–water partition coefficient (Wildman–Crippen LogP) is 5.50. The van der Waals surface area contributed by atoms with Gasteiger partial charge < -0.3 is 19.0 Å². The summed E-state index contributed by atoms with van der Waals surface area (Å²) < 4.78 is 39.4. The van der Waals surface area contributed by atoms with Crippen LogP contribution >= 0.6 is 11.3 Å². The average Bonchev–Trinajstić information content (AvgIpc) is 3.28. The van der Waals surface area contributed by atoms with Gasteiger partial charge >= 0.3 is 11.7 Å². The van der Waals surface area contributed by atoms with Crippen molar-refractivity contribution < 1.29 is 37.4 Å². The molecular formula is C25H31F2NO7S. The molecule has 198 valence electrons. The zero-order valence-corrected chi connectivity index (χ0v) is 21.4. The molecule has 0 aliphatic carbocycles. The standard InChI is InChI=1S/C25H31F2NO7S/c1-14(7-5-6-10-28-25(32)33-4)19-12-18(29)22(24(31)35-19)23(30)16(3)15(2)11-17-8-9-21(36-17)34-13-20(26)27/h6,8-10,12,14-16,20,29H,5,7,11,13H2,1-4H3,(H,28,32)/b10-6+. The summed E-state index contributed by atoms with van der Waals surface area (Å²) in [6.07, 6.45) is 1.60. The van der Waals surface area contributed by atoms with Crippen LogP contribution in [0.2, 0.25) is 0 Å². The highest BCUT2D eigenvalue weighted by Crippen LogP contribution is 2.31. The molecule has 3 atom stereocenters. The van der Waals surface area contributed by atoms with Gasteiger partial charge in [-0.15, -0.1) is 11.3 Å². The van der Waals surface area contributed by atoms with Crippen molar-refractivity contribution in [3.8, 4) is 10.8 Å². The summed E-state index contributed by atoms with van der Waals surface area (Å²) in [6, 6.07) is 4.65. The van der Waals surface area contributed by atoms with E-state index in [0.29, 0.717) is 24.3 Å². The van der Waals surface area contributed by atoms with Crippen molar-refractivity contribution in [2.75, 3.05) is 13.7 Å². The van der Waals surface area contributed by atoms with Gasteiger partial charge in [0.25, 0.3) is 6.43 Å². The van der Waals surface area contributed by atoms with Crippen LogP contribution in [0.25, 0.3) is 0 Å². The number of thiophene rings is 1. The van der Waals surface area contributed by atoms with Crippen LogP contribution in [0.1, 0.15) is 60.5 Å². The number of ether oxygens (including phenoxy) is 2. The summed E-state index contributed by atoms with van der Waals surface area (Å²) in [5.41, 5.74) is -1.29. The fraction of sp³-hybridized carbons (Fsp3) is 0.480. The average molecular weight is 528 g/mol. The number of ketones is 1. The first kappa shape index (κ1) is 29.0. The van der Waals surface area contributed by atoms with Crippen LogP contribution in [0.3, 0.4) is 0 Å². The van der Waals surface area contributed by atoms with Crippen LogP contribution in [0.15, 0.2) is 39.7 Å². The van der Waals surface area contributed by atoms with Crippen molar-refractivity contribution in [3.05, 3.63) is 57.1 Å². The minimum absolute atomic E-state index is 0.207. The number of amides is 1. The highest BCUT2D eigenvalue weighted by atomic mass is 32.1. The number of methoxy groups -OCH3 is 1. The fourth-order valence-corrected chi connectivity index (χ4v) is 4.40. The predicted molar refractivity (Wildman–Crippen MR) is 131 cm³/mol. The van der Waals surface area contributed by atoms with Gasteiger partial charge in [-0.2, -0.15) is 0 Å². The molecule has 0 aromatic carbocycles. The Bertz CT molecular complexity index is 1110. The number of carbonyl (C=O) groups is 2. The number of hydrogen-bond acceptors (Lipinski definition) is 8. The third kappa shape index (κ3) is 8.47. The van der Waals surface area contributed by atoms with Crippen molar-refractivity contribution in [2.45, 2.75) is 52.4 Å². The number of alkyl halides is 2. The maximum atomic E-state index is 13.0. The Morgan fingerprint density at radius 1 is 1.25 bits per heavy atom. The van der Waals surface area contributed by atoms with Crippen molar-refractivity contribution in [3.63, 3.8) is 0 Å². The zero-order valence-electron chi connectivity index (χ0n) is 20.6. The smallest absolute Gasteiger partial charge is 0.410 e. The van der Waals surface area contributed by atoms with E-state index in [4.69, 9.17) is 9.15 Å². The minimum atomic E-state index is -2.56. The lowest BCUT2D eigenvalue weighted by atomic mass is 9.86. The number of alkyl carbamates (subject to hydrolysis) is 1. The van der Waals surface area contributed by atoms with Crippen LogP contribution in [-0.4, -0.2) is 37.1 Å². The van der Waals surface area contributed by atoms with Gasteiger partial charge in [-0.1, -0.05) is 26.8 Å². The van der Waals surface area contributed by atoms with Gasteiger partial charge in [-0.25, -0.2) is 18.4 Å². The molecule has 0 spiro atoms. The van der Waals surface area contributed by atoms with E-state index < -0.39 is 42.2 Å². The largest absolute Gasteiger partial charge is 0.507 e. The van der Waals surface area contributed by atoms with Crippen molar-refractivity contribution in [2.24, 2.45) is 11.8 Å². The van der Waals surface area contributed by atoms with Gasteiger partial charge in [0.05, 0.1) is 7.11 Å². The Morgan fingerprint density at radius 2 is 1.97 bits per heavy atom. The third-order valence-corrected chi connectivity index (χ3v) is 6.75. The molecule has 36 heavy (non-hydrogen) atoms. The summed E-state index contributed by atoms with van der Waals surface area (Å²) in [5.74, 6) is -1.76. The van der Waals surface area contributed by atoms with Gasteiger partial charge in [-0.3, -0.25) is 10.1 Å². The fourth-order valence-electron chi connectivity index (χ4n) is 3.40. The molecular weight excluding hydrogens is 496 g/mol. The van der Waals surface area contributed by atoms with Crippen molar-refractivity contribution in [1.29, 1.82) is 0 Å². The molecule has 2 aromatic heterocycles. The van der Waals surface area contributed by atoms with Gasteiger partial charge in [0.2, 0.25) is 0 Å². The first-order valence-corrected chi connectivity index (χ1v) is 12.2. The Morgan fingerprint density at radius 3 is 2.61 bits per heavy atom. The first-order chi connectivity index (χ1) is 17.0. The van der Waals surface area contributed by atoms with Crippen LogP contribution in [0.4, 0.5) is 13.6 Å². The molecule has 0 radical (unpaired) electrons. The molecule has 0 bridgehead atoms. The highest BCUT2D eigenvalue weighted by molar-refractivity contribution is 7.13. The van der Waals surface area contributed by atoms with E-state index in [9.17, 15) is 28.3 Å². The molecule has 2 rings (SSSR count). The van der Waals surface area contributed by atoms with Gasteiger partial charge in [0.15, 0.2) is 10.8 Å². The molecule has 11 heteroatoms. The van der Waals surface area contributed by atoms with Gasteiger partial charge in [0, 0.05) is 29.0 Å². The van der Waals surface area contributed by atoms with Crippen LogP contribution in [0, 0.1) is 11.8 Å². The molecule has 0 saturated heterocycles. The highest BCUT2D eigenvalue weighted by Gasteiger charge is 2.28. The monoisotopic (exact) mass is 527 g/mol. The van der Waals surface area contributed by atoms with Crippen LogP contribution in [0.5, 0.6) is 10.8 Å². The van der Waals surface area contributed by atoms with E-state index in [1.54, 1.807) is 25.1 Å². The molecule has 0 saturated carbocycles. The first-order valence-electron chi connectivity index (χ1n) is 11.4. The number of allylic oxidation sites excluding steroid dienone is 1. The van der Waals surface area contributed by atoms with Crippen molar-refractivity contribution >= 4 is 23.2 Å². The lowest BCUT2D eigenvalue weighted by molar-refractivity contribution is 0.0837. The van der Waals surface area contributed by atoms with E-state index in [-0.39, 0.29) is 23.2 Å². The Balaban J connectivity index is 2.01. The molecule has 0 aliphatic heterocycles. The molecule has 2 N–H and O–H groups in total. The number of rotatable bonds is 13. The SMILES string of the molecule is COC(=O)N/C=C/CCC(C)c1cc(O)c(C(=O)C(C)C(C)Cc2ccc(OCC(F)F)s2)c(=O)o1. The van der Waals surface area contributed by atoms with E-state index in [1.807, 2.05) is 13.8 Å². The Kier molecular flexibility index (Phi) is 11.1. The van der Waals surface area contributed by atoms with Crippen molar-refractivity contribution in [1.82, 2.24) is 5.32 Å². The Labute approximate surface area is 211 Å². The second kappa shape index (κ2) is 13.8. The summed E-state index contributed by atoms with van der Waals surface area (Å²) in [5, 5.41) is 13.3.